The van der Waals surface area contributed by atoms with Crippen LogP contribution in [0.3, 0.4) is 0 Å². The Kier molecular flexibility index (Phi) is 4.74. The monoisotopic (exact) mass is 338 g/mol. The summed E-state index contributed by atoms with van der Waals surface area (Å²) < 4.78 is 9.29. The molecule has 0 spiro atoms. The molecule has 0 atom stereocenters. The molecule has 2 aromatic rings. The van der Waals surface area contributed by atoms with Crippen LogP contribution in [0.2, 0.25) is 5.28 Å². The molecule has 1 aliphatic heterocycles. The fourth-order valence-corrected chi connectivity index (χ4v) is 3.07. The van der Waals surface area contributed by atoms with Gasteiger partial charge in [0.25, 0.3) is 0 Å². The Morgan fingerprint density at radius 3 is 2.59 bits per heavy atom. The average Bonchev–Trinajstić information content (AvgIpc) is 3.00. The van der Waals surface area contributed by atoms with Gasteiger partial charge in [0, 0.05) is 37.7 Å². The Morgan fingerprint density at radius 2 is 1.95 bits per heavy atom. The minimum Gasteiger partial charge on any atom is -0.445 e. The van der Waals surface area contributed by atoms with Gasteiger partial charge in [0.2, 0.25) is 10.4 Å². The molecule has 3 rings (SSSR count). The van der Waals surface area contributed by atoms with E-state index in [0.717, 1.165) is 10.7 Å². The minimum atomic E-state index is -0.279. The first-order chi connectivity index (χ1) is 10.7. The smallest absolute Gasteiger partial charge is 0.410 e. The molecule has 0 bridgehead atoms. The van der Waals surface area contributed by atoms with E-state index in [-0.39, 0.29) is 11.4 Å². The zero-order valence-electron chi connectivity index (χ0n) is 11.8. The molecule has 0 unspecified atom stereocenters. The molecule has 0 aliphatic carbocycles. The van der Waals surface area contributed by atoms with E-state index in [9.17, 15) is 4.79 Å². The van der Waals surface area contributed by atoms with Gasteiger partial charge < -0.3 is 14.5 Å². The summed E-state index contributed by atoms with van der Waals surface area (Å²) in [7, 11) is 0. The fourth-order valence-electron chi connectivity index (χ4n) is 2.22. The van der Waals surface area contributed by atoms with Crippen LogP contribution in [-0.4, -0.2) is 46.5 Å². The van der Waals surface area contributed by atoms with Crippen molar-refractivity contribution < 1.29 is 9.53 Å². The Bertz CT molecular complexity index is 629. The molecule has 22 heavy (non-hydrogen) atoms. The summed E-state index contributed by atoms with van der Waals surface area (Å²) in [4.78, 5) is 20.0. The number of ether oxygens (including phenoxy) is 1. The number of rotatable bonds is 3. The summed E-state index contributed by atoms with van der Waals surface area (Å²) in [6, 6.07) is 9.66. The number of carbonyl (C=O) groups is 1. The van der Waals surface area contributed by atoms with Crippen molar-refractivity contribution in [3.63, 3.8) is 0 Å². The topological polar surface area (TPSA) is 58.6 Å². The maximum absolute atomic E-state index is 12.1. The Labute approximate surface area is 137 Å². The van der Waals surface area contributed by atoms with E-state index in [0.29, 0.717) is 32.8 Å². The summed E-state index contributed by atoms with van der Waals surface area (Å²) in [5, 5.41) is 1.06. The second-order valence-corrected chi connectivity index (χ2v) is 5.93. The summed E-state index contributed by atoms with van der Waals surface area (Å²) in [6.45, 7) is 2.90. The van der Waals surface area contributed by atoms with Crippen molar-refractivity contribution in [1.29, 1.82) is 0 Å². The highest BCUT2D eigenvalue weighted by molar-refractivity contribution is 7.10. The zero-order chi connectivity index (χ0) is 15.4. The van der Waals surface area contributed by atoms with E-state index in [1.807, 2.05) is 30.3 Å². The first-order valence-electron chi connectivity index (χ1n) is 6.92. The van der Waals surface area contributed by atoms with Crippen LogP contribution in [-0.2, 0) is 11.3 Å². The van der Waals surface area contributed by atoms with Gasteiger partial charge in [0.1, 0.15) is 6.61 Å². The van der Waals surface area contributed by atoms with Gasteiger partial charge in [-0.15, -0.1) is 0 Å². The van der Waals surface area contributed by atoms with E-state index in [4.69, 9.17) is 16.3 Å². The van der Waals surface area contributed by atoms with E-state index in [1.54, 1.807) is 4.90 Å². The third kappa shape index (κ3) is 3.66. The van der Waals surface area contributed by atoms with Gasteiger partial charge in [-0.05, 0) is 17.2 Å². The molecule has 1 amide bonds. The van der Waals surface area contributed by atoms with Gasteiger partial charge in [-0.1, -0.05) is 30.3 Å². The molecule has 1 fully saturated rings. The van der Waals surface area contributed by atoms with Crippen LogP contribution in [0.5, 0.6) is 0 Å². The molecular formula is C14H15ClN4O2S. The maximum Gasteiger partial charge on any atom is 0.410 e. The number of amides is 1. The first kappa shape index (κ1) is 15.1. The van der Waals surface area contributed by atoms with Crippen LogP contribution in [0.25, 0.3) is 0 Å². The van der Waals surface area contributed by atoms with Crippen LogP contribution in [0.15, 0.2) is 30.3 Å². The number of hydrogen-bond donors (Lipinski definition) is 0. The normalized spacial score (nSPS) is 15.0. The second-order valence-electron chi connectivity index (χ2n) is 4.86. The number of hydrogen-bond acceptors (Lipinski definition) is 6. The van der Waals surface area contributed by atoms with Crippen LogP contribution in [0.1, 0.15) is 5.56 Å². The lowest BCUT2D eigenvalue weighted by molar-refractivity contribution is 0.0942. The predicted molar refractivity (Wildman–Crippen MR) is 85.3 cm³/mol. The van der Waals surface area contributed by atoms with Crippen molar-refractivity contribution in [3.05, 3.63) is 41.2 Å². The van der Waals surface area contributed by atoms with E-state index in [2.05, 4.69) is 14.3 Å². The lowest BCUT2D eigenvalue weighted by Gasteiger charge is -2.33. The molecule has 8 heteroatoms. The fraction of sp³-hybridized carbons (Fsp3) is 0.357. The van der Waals surface area contributed by atoms with Crippen molar-refractivity contribution in [2.24, 2.45) is 0 Å². The number of piperazine rings is 1. The van der Waals surface area contributed by atoms with Crippen molar-refractivity contribution >= 4 is 34.4 Å². The first-order valence-corrected chi connectivity index (χ1v) is 8.07. The highest BCUT2D eigenvalue weighted by Gasteiger charge is 2.24. The van der Waals surface area contributed by atoms with E-state index in [1.165, 1.54) is 11.5 Å². The van der Waals surface area contributed by atoms with Gasteiger partial charge in [-0.25, -0.2) is 4.79 Å². The second kappa shape index (κ2) is 6.93. The van der Waals surface area contributed by atoms with E-state index >= 15 is 0 Å². The lowest BCUT2D eigenvalue weighted by Crippen LogP contribution is -2.48. The van der Waals surface area contributed by atoms with Crippen molar-refractivity contribution in [2.45, 2.75) is 6.61 Å². The number of anilines is 1. The molecule has 0 N–H and O–H groups in total. The van der Waals surface area contributed by atoms with Gasteiger partial charge in [-0.3, -0.25) is 0 Å². The van der Waals surface area contributed by atoms with Crippen LogP contribution in [0.4, 0.5) is 9.93 Å². The SMILES string of the molecule is O=C(OCc1ccccc1)N1CCN(c2nc(Cl)ns2)CC1. The third-order valence-electron chi connectivity index (χ3n) is 3.40. The van der Waals surface area contributed by atoms with Crippen molar-refractivity contribution in [1.82, 2.24) is 14.3 Å². The average molecular weight is 339 g/mol. The summed E-state index contributed by atoms with van der Waals surface area (Å²) in [5.74, 6) is 0. The molecule has 1 aromatic heterocycles. The number of aromatic nitrogens is 2. The molecule has 116 valence electrons. The number of benzene rings is 1. The van der Waals surface area contributed by atoms with Gasteiger partial charge in [-0.2, -0.15) is 9.36 Å². The third-order valence-corrected chi connectivity index (χ3v) is 4.45. The molecule has 2 heterocycles. The van der Waals surface area contributed by atoms with Crippen molar-refractivity contribution in [2.75, 3.05) is 31.1 Å². The van der Waals surface area contributed by atoms with E-state index < -0.39 is 0 Å². The highest BCUT2D eigenvalue weighted by atomic mass is 35.5. The van der Waals surface area contributed by atoms with Gasteiger partial charge in [0.05, 0.1) is 0 Å². The van der Waals surface area contributed by atoms with Crippen LogP contribution < -0.4 is 4.90 Å². The number of nitrogens with zero attached hydrogens (tertiary/aromatic N) is 4. The van der Waals surface area contributed by atoms with Crippen molar-refractivity contribution in [3.8, 4) is 0 Å². The maximum atomic E-state index is 12.1. The van der Waals surface area contributed by atoms with Gasteiger partial charge in [0.15, 0.2) is 0 Å². The standard InChI is InChI=1S/C14H15ClN4O2S/c15-12-16-13(22-17-12)18-6-8-19(9-7-18)14(20)21-10-11-4-2-1-3-5-11/h1-5H,6-10H2. The highest BCUT2D eigenvalue weighted by Crippen LogP contribution is 2.21. The van der Waals surface area contributed by atoms with Gasteiger partial charge >= 0.3 is 6.09 Å². The van der Waals surface area contributed by atoms with Crippen LogP contribution >= 0.6 is 23.1 Å². The molecular weight excluding hydrogens is 324 g/mol. The summed E-state index contributed by atoms with van der Waals surface area (Å²) in [5.41, 5.74) is 0.984. The van der Waals surface area contributed by atoms with Crippen LogP contribution in [0, 0.1) is 0 Å². The predicted octanol–water partition coefficient (Wildman–Crippen LogP) is 2.65. The molecule has 6 nitrogen and oxygen atoms in total. The lowest BCUT2D eigenvalue weighted by atomic mass is 10.2. The molecule has 1 aliphatic rings. The largest absolute Gasteiger partial charge is 0.445 e. The summed E-state index contributed by atoms with van der Waals surface area (Å²) in [6.07, 6.45) is -0.279. The quantitative estimate of drug-likeness (QED) is 0.861. The zero-order valence-corrected chi connectivity index (χ0v) is 13.4. The minimum absolute atomic E-state index is 0.268. The summed E-state index contributed by atoms with van der Waals surface area (Å²) >= 11 is 7.01. The molecule has 0 saturated carbocycles. The number of halogens is 1. The molecule has 1 aromatic carbocycles. The Morgan fingerprint density at radius 1 is 1.23 bits per heavy atom. The number of carbonyl (C=O) groups excluding carboxylic acids is 1. The Hall–Kier alpha value is -1.86. The molecule has 1 saturated heterocycles. The Balaban J connectivity index is 1.47. The molecule has 0 radical (unpaired) electrons.